The number of ether oxygens (including phenoxy) is 1. The van der Waals surface area contributed by atoms with Crippen molar-refractivity contribution in [3.05, 3.63) is 18.6 Å². The third-order valence-electron chi connectivity index (χ3n) is 4.24. The fraction of sp³-hybridized carbons (Fsp3) is 0.538. The lowest BCUT2D eigenvalue weighted by atomic mass is 10.1. The summed E-state index contributed by atoms with van der Waals surface area (Å²) in [5, 5.41) is 31.2. The van der Waals surface area contributed by atoms with Gasteiger partial charge in [0.25, 0.3) is 0 Å². The van der Waals surface area contributed by atoms with E-state index in [-0.39, 0.29) is 0 Å². The number of nitrogens with zero attached hydrogens (tertiary/aromatic N) is 4. The maximum atomic E-state index is 10.3. The van der Waals surface area contributed by atoms with E-state index in [2.05, 4.69) is 9.97 Å². The Bertz CT molecular complexity index is 703. The first-order valence-corrected chi connectivity index (χ1v) is 7.08. The van der Waals surface area contributed by atoms with Gasteiger partial charge in [0.05, 0.1) is 5.39 Å². The number of nitrogens with two attached hydrogens (primary N) is 1. The SMILES string of the molecule is Nc1ncnc2c1ccn2[C@@H]1O[C@H](C(O)N2CC2)[C@@H](O)[C@H]1O. The zero-order valence-corrected chi connectivity index (χ0v) is 11.6. The monoisotopic (exact) mass is 307 g/mol. The van der Waals surface area contributed by atoms with Crippen molar-refractivity contribution in [2.45, 2.75) is 30.8 Å². The Morgan fingerprint density at radius 1 is 1.27 bits per heavy atom. The summed E-state index contributed by atoms with van der Waals surface area (Å²) >= 11 is 0. The summed E-state index contributed by atoms with van der Waals surface area (Å²) < 4.78 is 7.30. The molecule has 118 valence electrons. The molecule has 2 fully saturated rings. The zero-order valence-electron chi connectivity index (χ0n) is 11.6. The minimum Gasteiger partial charge on any atom is -0.387 e. The first-order valence-electron chi connectivity index (χ1n) is 7.08. The minimum atomic E-state index is -1.18. The van der Waals surface area contributed by atoms with Crippen molar-refractivity contribution >= 4 is 16.9 Å². The van der Waals surface area contributed by atoms with Gasteiger partial charge in [0.1, 0.15) is 42.3 Å². The molecule has 22 heavy (non-hydrogen) atoms. The number of nitrogen functional groups attached to an aromatic ring is 1. The van der Waals surface area contributed by atoms with Crippen LogP contribution >= 0.6 is 0 Å². The summed E-state index contributed by atoms with van der Waals surface area (Å²) in [6.45, 7) is 1.51. The van der Waals surface area contributed by atoms with Crippen LogP contribution in [-0.2, 0) is 4.74 Å². The van der Waals surface area contributed by atoms with Crippen LogP contribution in [0.1, 0.15) is 6.23 Å². The number of rotatable bonds is 3. The molecule has 1 unspecified atom stereocenters. The molecule has 9 heteroatoms. The molecule has 4 rings (SSSR count). The van der Waals surface area contributed by atoms with E-state index in [0.29, 0.717) is 16.9 Å². The highest BCUT2D eigenvalue weighted by atomic mass is 16.6. The van der Waals surface area contributed by atoms with Crippen LogP contribution in [0.4, 0.5) is 5.82 Å². The maximum Gasteiger partial charge on any atom is 0.164 e. The number of anilines is 1. The van der Waals surface area contributed by atoms with E-state index in [1.807, 2.05) is 0 Å². The highest BCUT2D eigenvalue weighted by Gasteiger charge is 2.49. The summed E-state index contributed by atoms with van der Waals surface area (Å²) in [5.74, 6) is 0.331. The second kappa shape index (κ2) is 4.86. The second-order valence-corrected chi connectivity index (χ2v) is 5.64. The van der Waals surface area contributed by atoms with Crippen molar-refractivity contribution in [2.75, 3.05) is 18.8 Å². The molecule has 4 heterocycles. The molecule has 5 atom stereocenters. The lowest BCUT2D eigenvalue weighted by molar-refractivity contribution is -0.113. The molecule has 0 aliphatic carbocycles. The number of hydrogen-bond donors (Lipinski definition) is 4. The van der Waals surface area contributed by atoms with Gasteiger partial charge in [-0.2, -0.15) is 0 Å². The lowest BCUT2D eigenvalue weighted by Gasteiger charge is -2.21. The highest BCUT2D eigenvalue weighted by molar-refractivity contribution is 5.86. The average molecular weight is 307 g/mol. The lowest BCUT2D eigenvalue weighted by Crippen LogP contribution is -2.42. The van der Waals surface area contributed by atoms with E-state index in [1.54, 1.807) is 21.7 Å². The van der Waals surface area contributed by atoms with Crippen molar-refractivity contribution in [2.24, 2.45) is 0 Å². The smallest absolute Gasteiger partial charge is 0.164 e. The quantitative estimate of drug-likeness (QED) is 0.492. The Balaban J connectivity index is 1.68. The van der Waals surface area contributed by atoms with Crippen LogP contribution in [0.25, 0.3) is 11.0 Å². The van der Waals surface area contributed by atoms with Crippen LogP contribution in [-0.4, -0.2) is 72.4 Å². The van der Waals surface area contributed by atoms with Crippen molar-refractivity contribution < 1.29 is 20.1 Å². The average Bonchev–Trinajstić information content (AvgIpc) is 3.21. The van der Waals surface area contributed by atoms with E-state index >= 15 is 0 Å². The van der Waals surface area contributed by atoms with Crippen LogP contribution < -0.4 is 5.73 Å². The van der Waals surface area contributed by atoms with Gasteiger partial charge in [0.2, 0.25) is 0 Å². The third-order valence-corrected chi connectivity index (χ3v) is 4.24. The largest absolute Gasteiger partial charge is 0.387 e. The summed E-state index contributed by atoms with van der Waals surface area (Å²) in [5.41, 5.74) is 6.30. The maximum absolute atomic E-state index is 10.3. The Kier molecular flexibility index (Phi) is 3.06. The summed E-state index contributed by atoms with van der Waals surface area (Å²) in [4.78, 5) is 9.81. The molecule has 0 amide bonds. The number of aliphatic hydroxyl groups excluding tert-OH is 3. The van der Waals surface area contributed by atoms with Gasteiger partial charge in [0.15, 0.2) is 6.23 Å². The fourth-order valence-electron chi connectivity index (χ4n) is 2.89. The molecule has 0 radical (unpaired) electrons. The van der Waals surface area contributed by atoms with Crippen LogP contribution in [0, 0.1) is 0 Å². The summed E-state index contributed by atoms with van der Waals surface area (Å²) in [6, 6.07) is 1.72. The third kappa shape index (κ3) is 1.98. The van der Waals surface area contributed by atoms with E-state index in [9.17, 15) is 15.3 Å². The van der Waals surface area contributed by atoms with E-state index in [1.165, 1.54) is 6.33 Å². The molecule has 0 bridgehead atoms. The van der Waals surface area contributed by atoms with Gasteiger partial charge in [-0.3, -0.25) is 4.90 Å². The predicted molar refractivity (Wildman–Crippen MR) is 75.4 cm³/mol. The van der Waals surface area contributed by atoms with Gasteiger partial charge >= 0.3 is 0 Å². The first kappa shape index (κ1) is 13.9. The second-order valence-electron chi connectivity index (χ2n) is 5.64. The standard InChI is InChI=1S/C13H17N5O4/c14-10-6-1-2-18(11(6)16-5-15-10)13-8(20)7(19)9(22-13)12(21)17-3-4-17/h1-2,5,7-9,12-13,19-21H,3-4H2,(H2,14,15,16)/t7-,8+,9-,12?,13+/m0/s1. The molecule has 0 saturated carbocycles. The van der Waals surface area contributed by atoms with Gasteiger partial charge in [-0.15, -0.1) is 0 Å². The van der Waals surface area contributed by atoms with Gasteiger partial charge in [-0.1, -0.05) is 0 Å². The van der Waals surface area contributed by atoms with E-state index < -0.39 is 30.8 Å². The van der Waals surface area contributed by atoms with Crippen LogP contribution in [0.2, 0.25) is 0 Å². The normalized spacial score (nSPS) is 33.4. The predicted octanol–water partition coefficient (Wildman–Crippen LogP) is -1.73. The van der Waals surface area contributed by atoms with Crippen LogP contribution in [0.3, 0.4) is 0 Å². The van der Waals surface area contributed by atoms with E-state index in [0.717, 1.165) is 13.1 Å². The molecule has 0 spiro atoms. The van der Waals surface area contributed by atoms with Gasteiger partial charge in [0, 0.05) is 19.3 Å². The molecule has 2 aromatic rings. The molecular formula is C13H17N5O4. The molecule has 2 aliphatic rings. The Hall–Kier alpha value is -1.78. The number of fused-ring (bicyclic) bond motifs is 1. The fourth-order valence-corrected chi connectivity index (χ4v) is 2.89. The molecular weight excluding hydrogens is 290 g/mol. The van der Waals surface area contributed by atoms with Crippen molar-refractivity contribution in [3.63, 3.8) is 0 Å². The van der Waals surface area contributed by atoms with Crippen LogP contribution in [0.15, 0.2) is 18.6 Å². The van der Waals surface area contributed by atoms with Crippen molar-refractivity contribution in [1.29, 1.82) is 0 Å². The number of hydrogen-bond acceptors (Lipinski definition) is 8. The molecule has 0 aromatic carbocycles. The number of aromatic nitrogens is 3. The summed E-state index contributed by atoms with van der Waals surface area (Å²) in [7, 11) is 0. The molecule has 2 aliphatic heterocycles. The minimum absolute atomic E-state index is 0.331. The Morgan fingerprint density at radius 2 is 2.05 bits per heavy atom. The summed E-state index contributed by atoms with van der Waals surface area (Å²) in [6.07, 6.45) is -2.02. The van der Waals surface area contributed by atoms with Crippen LogP contribution in [0.5, 0.6) is 0 Å². The van der Waals surface area contributed by atoms with Gasteiger partial charge in [-0.05, 0) is 6.07 Å². The highest BCUT2D eigenvalue weighted by Crippen LogP contribution is 2.35. The Morgan fingerprint density at radius 3 is 2.77 bits per heavy atom. The molecule has 2 aromatic heterocycles. The topological polar surface area (TPSA) is 130 Å². The molecule has 2 saturated heterocycles. The van der Waals surface area contributed by atoms with Gasteiger partial charge in [-0.25, -0.2) is 9.97 Å². The molecule has 9 nitrogen and oxygen atoms in total. The van der Waals surface area contributed by atoms with Crippen molar-refractivity contribution in [1.82, 2.24) is 19.4 Å². The van der Waals surface area contributed by atoms with E-state index in [4.69, 9.17) is 10.5 Å². The molecule has 5 N–H and O–H groups in total. The number of aliphatic hydroxyl groups is 3. The zero-order chi connectivity index (χ0) is 15.4. The van der Waals surface area contributed by atoms with Gasteiger partial charge < -0.3 is 30.4 Å². The Labute approximate surface area is 125 Å². The first-order chi connectivity index (χ1) is 10.6. The van der Waals surface area contributed by atoms with Crippen molar-refractivity contribution in [3.8, 4) is 0 Å².